The molecule has 0 aromatic carbocycles. The lowest BCUT2D eigenvalue weighted by Crippen LogP contribution is -2.43. The number of carbonyl (C=O) groups excluding carboxylic acids is 1. The van der Waals surface area contributed by atoms with Crippen molar-refractivity contribution in [1.29, 1.82) is 0 Å². The molecule has 0 saturated carbocycles. The van der Waals surface area contributed by atoms with Crippen LogP contribution in [0.1, 0.15) is 19.5 Å². The van der Waals surface area contributed by atoms with Gasteiger partial charge in [-0.15, -0.1) is 0 Å². The monoisotopic (exact) mass is 266 g/mol. The van der Waals surface area contributed by atoms with Gasteiger partial charge in [0.15, 0.2) is 5.75 Å². The number of hydrogen-bond donors (Lipinski definition) is 0. The molecule has 19 heavy (non-hydrogen) atoms. The van der Waals surface area contributed by atoms with E-state index in [1.165, 1.54) is 4.90 Å². The third-order valence-corrected chi connectivity index (χ3v) is 3.47. The van der Waals surface area contributed by atoms with Gasteiger partial charge in [-0.3, -0.25) is 4.98 Å². The van der Waals surface area contributed by atoms with Gasteiger partial charge < -0.3 is 14.1 Å². The zero-order valence-electron chi connectivity index (χ0n) is 12.5. The molecule has 0 bridgehead atoms. The van der Waals surface area contributed by atoms with Gasteiger partial charge in [0.05, 0.1) is 20.1 Å². The summed E-state index contributed by atoms with van der Waals surface area (Å²) in [5, 5.41) is 0. The van der Waals surface area contributed by atoms with E-state index in [9.17, 15) is 4.79 Å². The number of hydrogen-bond acceptors (Lipinski definition) is 3. The fourth-order valence-corrected chi connectivity index (χ4v) is 1.63. The van der Waals surface area contributed by atoms with Crippen LogP contribution in [-0.4, -0.2) is 54.7 Å². The Balaban J connectivity index is 2.93. The number of aromatic nitrogens is 1. The van der Waals surface area contributed by atoms with Crippen molar-refractivity contribution in [2.24, 2.45) is 0 Å². The lowest BCUT2D eigenvalue weighted by atomic mass is 10.2. The summed E-state index contributed by atoms with van der Waals surface area (Å²) in [5.74, 6) is 0.549. The first-order valence-corrected chi connectivity index (χ1v) is 6.58. The molecule has 1 aromatic heterocycles. The van der Waals surface area contributed by atoms with Crippen LogP contribution in [0.3, 0.4) is 0 Å². The molecule has 1 rings (SSSR count). The minimum absolute atomic E-state index is 0.378. The SMILES string of the molecule is CC[N+](C)(CC)Cc1ncccc1OC(=O)N(C)C. The number of rotatable bonds is 5. The lowest BCUT2D eigenvalue weighted by molar-refractivity contribution is -0.919. The fraction of sp³-hybridized carbons (Fsp3) is 0.571. The first-order chi connectivity index (χ1) is 8.91. The van der Waals surface area contributed by atoms with Crippen LogP contribution in [0.2, 0.25) is 0 Å². The fourth-order valence-electron chi connectivity index (χ4n) is 1.63. The number of nitrogens with zero attached hydrogens (tertiary/aromatic N) is 3. The Labute approximate surface area is 115 Å². The van der Waals surface area contributed by atoms with Gasteiger partial charge in [-0.25, -0.2) is 4.79 Å². The van der Waals surface area contributed by atoms with Crippen molar-refractivity contribution in [3.05, 3.63) is 24.0 Å². The topological polar surface area (TPSA) is 42.4 Å². The highest BCUT2D eigenvalue weighted by molar-refractivity contribution is 5.70. The summed E-state index contributed by atoms with van der Waals surface area (Å²) in [5.41, 5.74) is 0.823. The zero-order chi connectivity index (χ0) is 14.5. The van der Waals surface area contributed by atoms with E-state index in [-0.39, 0.29) is 6.09 Å². The maximum atomic E-state index is 11.6. The molecule has 0 spiro atoms. The van der Waals surface area contributed by atoms with Gasteiger partial charge in [0.1, 0.15) is 12.2 Å². The molecular weight excluding hydrogens is 242 g/mol. The highest BCUT2D eigenvalue weighted by atomic mass is 16.6. The first kappa shape index (κ1) is 15.4. The minimum Gasteiger partial charge on any atom is -0.408 e. The Morgan fingerprint density at radius 3 is 2.53 bits per heavy atom. The molecule has 0 saturated heterocycles. The Hall–Kier alpha value is -1.62. The van der Waals surface area contributed by atoms with Gasteiger partial charge in [-0.2, -0.15) is 0 Å². The van der Waals surface area contributed by atoms with Crippen LogP contribution < -0.4 is 4.74 Å². The molecule has 0 aliphatic rings. The van der Waals surface area contributed by atoms with Crippen molar-refractivity contribution in [1.82, 2.24) is 9.88 Å². The van der Waals surface area contributed by atoms with Crippen LogP contribution in [0.5, 0.6) is 5.75 Å². The van der Waals surface area contributed by atoms with E-state index in [0.29, 0.717) is 5.75 Å². The average molecular weight is 266 g/mol. The van der Waals surface area contributed by atoms with Gasteiger partial charge in [-0.1, -0.05) is 0 Å². The molecule has 0 aliphatic carbocycles. The molecule has 0 aliphatic heterocycles. The second-order valence-corrected chi connectivity index (χ2v) is 5.12. The molecule has 1 amide bonds. The van der Waals surface area contributed by atoms with Gasteiger partial charge in [0, 0.05) is 20.3 Å². The first-order valence-electron chi connectivity index (χ1n) is 6.58. The minimum atomic E-state index is -0.378. The standard InChI is InChI=1S/C14H24N3O2/c1-6-17(5,7-2)11-12-13(9-8-10-15-12)19-14(18)16(3)4/h8-10H,6-7,11H2,1-5H3/q+1. The van der Waals surface area contributed by atoms with Crippen LogP contribution in [0.25, 0.3) is 0 Å². The second-order valence-electron chi connectivity index (χ2n) is 5.12. The van der Waals surface area contributed by atoms with Crippen molar-refractivity contribution < 1.29 is 14.0 Å². The van der Waals surface area contributed by atoms with Crippen LogP contribution in [-0.2, 0) is 6.54 Å². The van der Waals surface area contributed by atoms with E-state index >= 15 is 0 Å². The maximum absolute atomic E-state index is 11.6. The summed E-state index contributed by atoms with van der Waals surface area (Å²) in [6.07, 6.45) is 1.36. The van der Waals surface area contributed by atoms with E-state index in [0.717, 1.165) is 29.8 Å². The summed E-state index contributed by atoms with van der Waals surface area (Å²) in [4.78, 5) is 17.4. The number of ether oxygens (including phenoxy) is 1. The summed E-state index contributed by atoms with van der Waals surface area (Å²) >= 11 is 0. The highest BCUT2D eigenvalue weighted by Gasteiger charge is 2.22. The predicted molar refractivity (Wildman–Crippen MR) is 74.9 cm³/mol. The summed E-state index contributed by atoms with van der Waals surface area (Å²) in [6.45, 7) is 7.07. The average Bonchev–Trinajstić information content (AvgIpc) is 2.40. The summed E-state index contributed by atoms with van der Waals surface area (Å²) in [7, 11) is 5.50. The molecule has 5 nitrogen and oxygen atoms in total. The van der Waals surface area contributed by atoms with Crippen molar-refractivity contribution in [2.75, 3.05) is 34.2 Å². The Bertz CT molecular complexity index is 428. The van der Waals surface area contributed by atoms with Gasteiger partial charge in [0.25, 0.3) is 0 Å². The molecule has 106 valence electrons. The van der Waals surface area contributed by atoms with Crippen molar-refractivity contribution in [3.63, 3.8) is 0 Å². The largest absolute Gasteiger partial charge is 0.414 e. The van der Waals surface area contributed by atoms with E-state index in [1.54, 1.807) is 32.4 Å². The van der Waals surface area contributed by atoms with E-state index in [1.807, 2.05) is 0 Å². The van der Waals surface area contributed by atoms with Crippen LogP contribution >= 0.6 is 0 Å². The third-order valence-electron chi connectivity index (χ3n) is 3.47. The van der Waals surface area contributed by atoms with Crippen LogP contribution in [0.4, 0.5) is 4.79 Å². The number of amides is 1. The zero-order valence-corrected chi connectivity index (χ0v) is 12.5. The van der Waals surface area contributed by atoms with Gasteiger partial charge >= 0.3 is 6.09 Å². The van der Waals surface area contributed by atoms with Gasteiger partial charge in [0.2, 0.25) is 0 Å². The number of carbonyl (C=O) groups is 1. The Kier molecular flexibility index (Phi) is 5.30. The molecule has 0 atom stereocenters. The van der Waals surface area contributed by atoms with Crippen LogP contribution in [0.15, 0.2) is 18.3 Å². The molecule has 0 unspecified atom stereocenters. The van der Waals surface area contributed by atoms with Gasteiger partial charge in [-0.05, 0) is 26.0 Å². The molecule has 0 radical (unpaired) electrons. The second kappa shape index (κ2) is 6.52. The van der Waals surface area contributed by atoms with E-state index in [2.05, 4.69) is 25.9 Å². The molecule has 0 fully saturated rings. The molecule has 1 aromatic rings. The predicted octanol–water partition coefficient (Wildman–Crippen LogP) is 2.13. The third kappa shape index (κ3) is 4.21. The van der Waals surface area contributed by atoms with E-state index in [4.69, 9.17) is 4.74 Å². The van der Waals surface area contributed by atoms with Crippen molar-refractivity contribution >= 4 is 6.09 Å². The maximum Gasteiger partial charge on any atom is 0.414 e. The number of pyridine rings is 1. The number of quaternary nitrogens is 1. The Morgan fingerprint density at radius 1 is 1.37 bits per heavy atom. The molecule has 5 heteroatoms. The molecule has 0 N–H and O–H groups in total. The smallest absolute Gasteiger partial charge is 0.408 e. The highest BCUT2D eigenvalue weighted by Crippen LogP contribution is 2.20. The van der Waals surface area contributed by atoms with Crippen LogP contribution in [0, 0.1) is 0 Å². The van der Waals surface area contributed by atoms with Crippen molar-refractivity contribution in [2.45, 2.75) is 20.4 Å². The normalized spacial score (nSPS) is 11.2. The molecular formula is C14H24N3O2+. The van der Waals surface area contributed by atoms with E-state index < -0.39 is 0 Å². The quantitative estimate of drug-likeness (QED) is 0.767. The Morgan fingerprint density at radius 2 is 2.00 bits per heavy atom. The summed E-state index contributed by atoms with van der Waals surface area (Å²) in [6, 6.07) is 3.57. The summed E-state index contributed by atoms with van der Waals surface area (Å²) < 4.78 is 6.22. The lowest BCUT2D eigenvalue weighted by Gasteiger charge is -2.32. The van der Waals surface area contributed by atoms with Crippen molar-refractivity contribution in [3.8, 4) is 5.75 Å². The molecule has 1 heterocycles.